The number of piperazine rings is 2. The highest BCUT2D eigenvalue weighted by molar-refractivity contribution is 5.97. The van der Waals surface area contributed by atoms with E-state index in [0.29, 0.717) is 37.5 Å². The highest BCUT2D eigenvalue weighted by Gasteiger charge is 2.26. The topological polar surface area (TPSA) is 65.0 Å². The van der Waals surface area contributed by atoms with Crippen LogP contribution in [-0.4, -0.2) is 92.2 Å². The molecule has 2 saturated heterocycles. The first-order chi connectivity index (χ1) is 14.5. The molecule has 0 atom stereocenters. The fourth-order valence-corrected chi connectivity index (χ4v) is 3.98. The van der Waals surface area contributed by atoms with Crippen LogP contribution in [0.5, 0.6) is 5.75 Å². The van der Waals surface area contributed by atoms with Gasteiger partial charge in [0, 0.05) is 64.1 Å². The van der Waals surface area contributed by atoms with Crippen molar-refractivity contribution in [3.63, 3.8) is 0 Å². The molecule has 0 saturated carbocycles. The van der Waals surface area contributed by atoms with Gasteiger partial charge in [0.05, 0.1) is 12.7 Å². The molecule has 30 heavy (non-hydrogen) atoms. The Morgan fingerprint density at radius 2 is 1.60 bits per heavy atom. The molecule has 0 radical (unpaired) electrons. The number of rotatable bonds is 4. The fourth-order valence-electron chi connectivity index (χ4n) is 3.98. The first-order valence-corrected chi connectivity index (χ1v) is 10.5. The summed E-state index contributed by atoms with van der Waals surface area (Å²) in [5, 5.41) is 0. The zero-order valence-electron chi connectivity index (χ0n) is 18.0. The molecule has 2 aliphatic heterocycles. The van der Waals surface area contributed by atoms with E-state index in [4.69, 9.17) is 9.72 Å². The third-order valence-corrected chi connectivity index (χ3v) is 5.84. The van der Waals surface area contributed by atoms with Gasteiger partial charge in [0.15, 0.2) is 0 Å². The summed E-state index contributed by atoms with van der Waals surface area (Å²) in [5.74, 6) is 2.38. The van der Waals surface area contributed by atoms with E-state index in [1.165, 1.54) is 0 Å². The summed E-state index contributed by atoms with van der Waals surface area (Å²) >= 11 is 0. The number of aryl methyl sites for hydroxylation is 1. The second-order valence-corrected chi connectivity index (χ2v) is 7.94. The van der Waals surface area contributed by atoms with Gasteiger partial charge in [0.1, 0.15) is 11.6 Å². The minimum Gasteiger partial charge on any atom is -0.496 e. The standard InChI is InChI=1S/C22H30N6O2/c1-17-16-20(26-10-8-25(2)9-11-26)24-22(23-17)28-14-12-27(13-15-28)21(29)18-6-4-5-7-19(18)30-3/h4-7,16H,8-15H2,1-3H3. The van der Waals surface area contributed by atoms with E-state index < -0.39 is 0 Å². The molecule has 0 aliphatic carbocycles. The molecular weight excluding hydrogens is 380 g/mol. The van der Waals surface area contributed by atoms with Gasteiger partial charge in [-0.3, -0.25) is 4.79 Å². The average Bonchev–Trinajstić information content (AvgIpc) is 2.78. The summed E-state index contributed by atoms with van der Waals surface area (Å²) in [7, 11) is 3.75. The number of carbonyl (C=O) groups excluding carboxylic acids is 1. The Hall–Kier alpha value is -2.87. The lowest BCUT2D eigenvalue weighted by atomic mass is 10.1. The SMILES string of the molecule is COc1ccccc1C(=O)N1CCN(c2nc(C)cc(N3CCN(C)CC3)n2)CC1. The van der Waals surface area contributed by atoms with Crippen LogP contribution in [0.25, 0.3) is 0 Å². The summed E-state index contributed by atoms with van der Waals surface area (Å²) in [6.45, 7) is 8.77. The minimum absolute atomic E-state index is 0.00962. The lowest BCUT2D eigenvalue weighted by molar-refractivity contribution is 0.0743. The number of ether oxygens (including phenoxy) is 1. The number of hydrogen-bond donors (Lipinski definition) is 0. The zero-order valence-corrected chi connectivity index (χ0v) is 18.0. The van der Waals surface area contributed by atoms with Crippen molar-refractivity contribution >= 4 is 17.7 Å². The molecule has 8 nitrogen and oxygen atoms in total. The summed E-state index contributed by atoms with van der Waals surface area (Å²) in [5.41, 5.74) is 1.58. The maximum absolute atomic E-state index is 12.9. The van der Waals surface area contributed by atoms with Gasteiger partial charge >= 0.3 is 0 Å². The van der Waals surface area contributed by atoms with Gasteiger partial charge in [-0.25, -0.2) is 4.98 Å². The predicted molar refractivity (Wildman–Crippen MR) is 118 cm³/mol. The molecule has 1 aromatic carbocycles. The molecule has 1 aromatic heterocycles. The fraction of sp³-hybridized carbons (Fsp3) is 0.500. The number of amides is 1. The van der Waals surface area contributed by atoms with Crippen molar-refractivity contribution in [3.05, 3.63) is 41.6 Å². The molecule has 2 aliphatic rings. The normalized spacial score (nSPS) is 17.9. The second-order valence-electron chi connectivity index (χ2n) is 7.94. The Kier molecular flexibility index (Phi) is 6.03. The molecule has 0 N–H and O–H groups in total. The van der Waals surface area contributed by atoms with Crippen LogP contribution in [-0.2, 0) is 0 Å². The van der Waals surface area contributed by atoms with Crippen molar-refractivity contribution in [1.29, 1.82) is 0 Å². The number of likely N-dealkylation sites (N-methyl/N-ethyl adjacent to an activating group) is 1. The van der Waals surface area contributed by atoms with Crippen LogP contribution in [0.4, 0.5) is 11.8 Å². The molecule has 2 aromatic rings. The maximum Gasteiger partial charge on any atom is 0.257 e. The highest BCUT2D eigenvalue weighted by atomic mass is 16.5. The van der Waals surface area contributed by atoms with E-state index in [0.717, 1.165) is 43.6 Å². The summed E-state index contributed by atoms with van der Waals surface area (Å²) < 4.78 is 5.35. The monoisotopic (exact) mass is 410 g/mol. The first-order valence-electron chi connectivity index (χ1n) is 10.5. The van der Waals surface area contributed by atoms with E-state index >= 15 is 0 Å². The Morgan fingerprint density at radius 1 is 0.933 bits per heavy atom. The smallest absolute Gasteiger partial charge is 0.257 e. The van der Waals surface area contributed by atoms with Crippen molar-refractivity contribution in [1.82, 2.24) is 19.8 Å². The van der Waals surface area contributed by atoms with Crippen LogP contribution >= 0.6 is 0 Å². The van der Waals surface area contributed by atoms with Gasteiger partial charge < -0.3 is 24.3 Å². The molecule has 0 spiro atoms. The van der Waals surface area contributed by atoms with Gasteiger partial charge in [0.2, 0.25) is 5.95 Å². The molecule has 1 amide bonds. The van der Waals surface area contributed by atoms with E-state index in [1.807, 2.05) is 36.1 Å². The van der Waals surface area contributed by atoms with Crippen LogP contribution in [0.15, 0.2) is 30.3 Å². The van der Waals surface area contributed by atoms with E-state index in [1.54, 1.807) is 7.11 Å². The Bertz CT molecular complexity index is 889. The Labute approximate surface area is 178 Å². The van der Waals surface area contributed by atoms with Crippen LogP contribution in [0.3, 0.4) is 0 Å². The zero-order chi connectivity index (χ0) is 21.1. The van der Waals surface area contributed by atoms with Gasteiger partial charge in [-0.2, -0.15) is 4.98 Å². The minimum atomic E-state index is 0.00962. The van der Waals surface area contributed by atoms with Crippen LogP contribution in [0.1, 0.15) is 16.1 Å². The summed E-state index contributed by atoms with van der Waals surface area (Å²) in [6.07, 6.45) is 0. The lowest BCUT2D eigenvalue weighted by Gasteiger charge is -2.36. The van der Waals surface area contributed by atoms with Gasteiger partial charge in [-0.1, -0.05) is 12.1 Å². The van der Waals surface area contributed by atoms with Gasteiger partial charge in [-0.15, -0.1) is 0 Å². The number of aromatic nitrogens is 2. The first kappa shape index (κ1) is 20.4. The van der Waals surface area contributed by atoms with E-state index in [2.05, 4.69) is 32.8 Å². The Balaban J connectivity index is 1.43. The van der Waals surface area contributed by atoms with Crippen molar-refractivity contribution in [2.24, 2.45) is 0 Å². The second kappa shape index (κ2) is 8.87. The van der Waals surface area contributed by atoms with Gasteiger partial charge in [-0.05, 0) is 26.1 Å². The van der Waals surface area contributed by atoms with Crippen LogP contribution < -0.4 is 14.5 Å². The molecule has 0 bridgehead atoms. The maximum atomic E-state index is 12.9. The molecule has 8 heteroatoms. The number of methoxy groups -OCH3 is 1. The number of para-hydroxylation sites is 1. The van der Waals surface area contributed by atoms with Crippen molar-refractivity contribution in [2.45, 2.75) is 6.92 Å². The Morgan fingerprint density at radius 3 is 2.30 bits per heavy atom. The summed E-state index contributed by atoms with van der Waals surface area (Å²) in [6, 6.07) is 9.45. The number of anilines is 2. The average molecular weight is 411 g/mol. The molecule has 2 fully saturated rings. The van der Waals surface area contributed by atoms with E-state index in [-0.39, 0.29) is 5.91 Å². The quantitative estimate of drug-likeness (QED) is 0.757. The molecule has 160 valence electrons. The van der Waals surface area contributed by atoms with Crippen molar-refractivity contribution < 1.29 is 9.53 Å². The van der Waals surface area contributed by atoms with Crippen LogP contribution in [0, 0.1) is 6.92 Å². The molecule has 3 heterocycles. The summed E-state index contributed by atoms with van der Waals surface area (Å²) in [4.78, 5) is 31.2. The van der Waals surface area contributed by atoms with E-state index in [9.17, 15) is 4.79 Å². The van der Waals surface area contributed by atoms with Crippen LogP contribution in [0.2, 0.25) is 0 Å². The highest BCUT2D eigenvalue weighted by Crippen LogP contribution is 2.22. The molecule has 0 unspecified atom stereocenters. The molecule has 4 rings (SSSR count). The number of benzene rings is 1. The number of carbonyl (C=O) groups is 1. The number of hydrogen-bond acceptors (Lipinski definition) is 7. The third kappa shape index (κ3) is 4.33. The van der Waals surface area contributed by atoms with Crippen molar-refractivity contribution in [3.8, 4) is 5.75 Å². The predicted octanol–water partition coefficient (Wildman–Crippen LogP) is 1.51. The third-order valence-electron chi connectivity index (χ3n) is 5.84. The number of nitrogens with zero attached hydrogens (tertiary/aromatic N) is 6. The van der Waals surface area contributed by atoms with Gasteiger partial charge in [0.25, 0.3) is 5.91 Å². The lowest BCUT2D eigenvalue weighted by Crippen LogP contribution is -2.49. The van der Waals surface area contributed by atoms with Crippen molar-refractivity contribution in [2.75, 3.05) is 76.3 Å². The largest absolute Gasteiger partial charge is 0.496 e. The molecular formula is C22H30N6O2.